The third-order valence-electron chi connectivity index (χ3n) is 5.68. The maximum atomic E-state index is 14.9. The number of ketones is 1. The highest BCUT2D eigenvalue weighted by Gasteiger charge is 2.36. The van der Waals surface area contributed by atoms with Gasteiger partial charge in [-0.05, 0) is 26.2 Å². The van der Waals surface area contributed by atoms with Crippen molar-refractivity contribution in [3.63, 3.8) is 0 Å². The summed E-state index contributed by atoms with van der Waals surface area (Å²) in [5.41, 5.74) is -0.153. The Hall–Kier alpha value is -2.75. The van der Waals surface area contributed by atoms with E-state index in [1.165, 1.54) is 21.8 Å². The van der Waals surface area contributed by atoms with Crippen LogP contribution >= 0.6 is 0 Å². The fraction of sp³-hybridized carbons (Fsp3) is 0.571. The van der Waals surface area contributed by atoms with Gasteiger partial charge in [0.25, 0.3) is 0 Å². The van der Waals surface area contributed by atoms with Gasteiger partial charge in [0.05, 0.1) is 25.4 Å². The maximum absolute atomic E-state index is 14.9. The van der Waals surface area contributed by atoms with Crippen LogP contribution in [0.1, 0.15) is 32.6 Å². The largest absolute Gasteiger partial charge is 0.444 e. The minimum Gasteiger partial charge on any atom is -0.444 e. The first-order valence-corrected chi connectivity index (χ1v) is 10.5. The van der Waals surface area contributed by atoms with Crippen LogP contribution in [0.3, 0.4) is 0 Å². The van der Waals surface area contributed by atoms with Crippen molar-refractivity contribution in [3.8, 4) is 0 Å². The smallest absolute Gasteiger partial charge is 0.414 e. The van der Waals surface area contributed by atoms with E-state index in [0.29, 0.717) is 6.42 Å². The molecule has 2 amide bonds. The van der Waals surface area contributed by atoms with Crippen molar-refractivity contribution in [2.24, 2.45) is 5.92 Å². The van der Waals surface area contributed by atoms with Crippen molar-refractivity contribution >= 4 is 29.2 Å². The number of halogens is 2. The highest BCUT2D eigenvalue weighted by molar-refractivity contribution is 5.90. The number of rotatable bonds is 6. The van der Waals surface area contributed by atoms with Gasteiger partial charge in [-0.25, -0.2) is 18.6 Å². The number of Topliss-reactive ketones (excluding diaryl/α,β-unsaturated/α-hetero) is 1. The van der Waals surface area contributed by atoms with Gasteiger partial charge in [-0.15, -0.1) is 0 Å². The van der Waals surface area contributed by atoms with E-state index < -0.39 is 23.8 Å². The lowest BCUT2D eigenvalue weighted by Gasteiger charge is -2.24. The Labute approximate surface area is 178 Å². The Morgan fingerprint density at radius 1 is 1.13 bits per heavy atom. The number of carbonyl (C=O) groups is 3. The number of anilines is 2. The van der Waals surface area contributed by atoms with Gasteiger partial charge in [0.15, 0.2) is 11.6 Å². The van der Waals surface area contributed by atoms with E-state index in [0.717, 1.165) is 25.0 Å². The number of hydrogen-bond donors (Lipinski definition) is 0. The number of nitrogens with zero attached hydrogens (tertiary/aromatic N) is 3. The van der Waals surface area contributed by atoms with Crippen LogP contribution in [-0.4, -0.2) is 61.7 Å². The second kappa shape index (κ2) is 8.78. The average Bonchev–Trinajstić information content (AvgIpc) is 3.52. The van der Waals surface area contributed by atoms with Crippen LogP contribution in [-0.2, 0) is 19.2 Å². The zero-order valence-electron chi connectivity index (χ0n) is 17.3. The lowest BCUT2D eigenvalue weighted by molar-refractivity contribution is -0.183. The van der Waals surface area contributed by atoms with Crippen molar-refractivity contribution in [2.45, 2.75) is 38.7 Å². The molecule has 10 heteroatoms. The fourth-order valence-corrected chi connectivity index (χ4v) is 3.84. The van der Waals surface area contributed by atoms with Crippen LogP contribution in [0.2, 0.25) is 0 Å². The third-order valence-corrected chi connectivity index (χ3v) is 5.68. The molecule has 4 rings (SSSR count). The second-order valence-corrected chi connectivity index (χ2v) is 8.15. The lowest BCUT2D eigenvalue weighted by Crippen LogP contribution is -2.35. The Morgan fingerprint density at radius 2 is 1.84 bits per heavy atom. The van der Waals surface area contributed by atoms with Crippen molar-refractivity contribution in [1.82, 2.24) is 5.06 Å². The molecule has 8 nitrogen and oxygen atoms in total. The number of hydrogen-bond acceptors (Lipinski definition) is 6. The molecule has 168 valence electrons. The van der Waals surface area contributed by atoms with Gasteiger partial charge in [-0.3, -0.25) is 14.5 Å². The van der Waals surface area contributed by atoms with Gasteiger partial charge in [0.2, 0.25) is 5.91 Å². The molecule has 0 bridgehead atoms. The molecule has 3 aliphatic rings. The number of amides is 2. The zero-order valence-corrected chi connectivity index (χ0v) is 17.3. The molecule has 1 saturated carbocycles. The summed E-state index contributed by atoms with van der Waals surface area (Å²) in [5, 5.41) is 1.29. The van der Waals surface area contributed by atoms with E-state index in [-0.39, 0.29) is 68.2 Å². The molecule has 0 spiro atoms. The molecule has 1 aromatic rings. The van der Waals surface area contributed by atoms with E-state index in [2.05, 4.69) is 0 Å². The minimum absolute atomic E-state index is 0.00112. The van der Waals surface area contributed by atoms with Gasteiger partial charge < -0.3 is 14.4 Å². The SMILES string of the molecule is CC(=O)CC[C@H]1CN(c2cc(F)c(N3CCON(C(=O)C4CC4)CC3)c(F)c2)C(=O)O1. The summed E-state index contributed by atoms with van der Waals surface area (Å²) in [6.45, 7) is 2.37. The predicted octanol–water partition coefficient (Wildman–Crippen LogP) is 2.65. The van der Waals surface area contributed by atoms with Crippen LogP contribution in [0.4, 0.5) is 25.0 Å². The van der Waals surface area contributed by atoms with Gasteiger partial charge in [0.1, 0.15) is 17.6 Å². The van der Waals surface area contributed by atoms with Gasteiger partial charge in [-0.2, -0.15) is 0 Å². The molecule has 0 aromatic heterocycles. The first-order chi connectivity index (χ1) is 14.8. The summed E-state index contributed by atoms with van der Waals surface area (Å²) < 4.78 is 35.1. The van der Waals surface area contributed by atoms with Crippen LogP contribution in [0.15, 0.2) is 12.1 Å². The maximum Gasteiger partial charge on any atom is 0.414 e. The molecular weight excluding hydrogens is 412 g/mol. The zero-order chi connectivity index (χ0) is 22.1. The Bertz CT molecular complexity index is 869. The molecule has 31 heavy (non-hydrogen) atoms. The second-order valence-electron chi connectivity index (χ2n) is 8.15. The normalized spacial score (nSPS) is 21.8. The molecule has 0 N–H and O–H groups in total. The summed E-state index contributed by atoms with van der Waals surface area (Å²) in [6, 6.07) is 2.21. The summed E-state index contributed by atoms with van der Waals surface area (Å²) in [6.07, 6.45) is 1.14. The van der Waals surface area contributed by atoms with Crippen LogP contribution in [0.5, 0.6) is 0 Å². The predicted molar refractivity (Wildman–Crippen MR) is 106 cm³/mol. The van der Waals surface area contributed by atoms with Gasteiger partial charge in [-0.1, -0.05) is 0 Å². The quantitative estimate of drug-likeness (QED) is 0.681. The Kier molecular flexibility index (Phi) is 6.08. The molecule has 1 atom stereocenters. The molecule has 1 aromatic carbocycles. The average molecular weight is 437 g/mol. The monoisotopic (exact) mass is 437 g/mol. The van der Waals surface area contributed by atoms with Gasteiger partial charge >= 0.3 is 6.09 Å². The number of ether oxygens (including phenoxy) is 1. The molecule has 0 radical (unpaired) electrons. The first-order valence-electron chi connectivity index (χ1n) is 10.5. The summed E-state index contributed by atoms with van der Waals surface area (Å²) in [7, 11) is 0. The molecule has 2 aliphatic heterocycles. The summed E-state index contributed by atoms with van der Waals surface area (Å²) >= 11 is 0. The van der Waals surface area contributed by atoms with E-state index in [1.807, 2.05) is 0 Å². The molecule has 1 aliphatic carbocycles. The molecule has 2 heterocycles. The Balaban J connectivity index is 1.45. The van der Waals surface area contributed by atoms with E-state index in [4.69, 9.17) is 9.57 Å². The summed E-state index contributed by atoms with van der Waals surface area (Å²) in [5.74, 6) is -1.72. The highest BCUT2D eigenvalue weighted by Crippen LogP contribution is 2.33. The van der Waals surface area contributed by atoms with E-state index >= 15 is 0 Å². The standard InChI is InChI=1S/C21H25F2N3O5/c1-13(27)2-5-16-12-25(21(29)31-16)15-10-17(22)19(18(23)11-15)24-6-7-26(30-9-8-24)20(28)14-3-4-14/h10-11,14,16H,2-9,12H2,1H3/t16-/m0/s1. The molecule has 2 saturated heterocycles. The summed E-state index contributed by atoms with van der Waals surface area (Å²) in [4.78, 5) is 43.6. The number of carbonyl (C=O) groups excluding carboxylic acids is 3. The lowest BCUT2D eigenvalue weighted by atomic mass is 10.1. The van der Waals surface area contributed by atoms with Crippen LogP contribution in [0.25, 0.3) is 0 Å². The fourth-order valence-electron chi connectivity index (χ4n) is 3.84. The van der Waals surface area contributed by atoms with E-state index in [1.54, 1.807) is 0 Å². The minimum atomic E-state index is -0.808. The van der Waals surface area contributed by atoms with Crippen molar-refractivity contribution in [2.75, 3.05) is 42.6 Å². The molecule has 3 fully saturated rings. The van der Waals surface area contributed by atoms with Crippen molar-refractivity contribution < 1.29 is 32.7 Å². The third kappa shape index (κ3) is 4.79. The highest BCUT2D eigenvalue weighted by atomic mass is 19.1. The number of cyclic esters (lactones) is 1. The number of hydroxylamine groups is 2. The molecule has 0 unspecified atom stereocenters. The Morgan fingerprint density at radius 3 is 2.48 bits per heavy atom. The number of benzene rings is 1. The first kappa shape index (κ1) is 21.5. The van der Waals surface area contributed by atoms with E-state index in [9.17, 15) is 23.2 Å². The topological polar surface area (TPSA) is 79.4 Å². The van der Waals surface area contributed by atoms with Crippen molar-refractivity contribution in [1.29, 1.82) is 0 Å². The van der Waals surface area contributed by atoms with Gasteiger partial charge in [0, 0.05) is 37.6 Å². The van der Waals surface area contributed by atoms with Crippen LogP contribution in [0, 0.1) is 17.6 Å². The molecular formula is C21H25F2N3O5. The van der Waals surface area contributed by atoms with Crippen molar-refractivity contribution in [3.05, 3.63) is 23.8 Å². The van der Waals surface area contributed by atoms with Crippen LogP contribution < -0.4 is 9.80 Å².